The first-order chi connectivity index (χ1) is 14.1. The second-order valence-electron chi connectivity index (χ2n) is 7.36. The number of anilines is 2. The van der Waals surface area contributed by atoms with Crippen molar-refractivity contribution in [3.8, 4) is 0 Å². The maximum absolute atomic E-state index is 12.7. The van der Waals surface area contributed by atoms with Crippen molar-refractivity contribution in [2.75, 3.05) is 30.9 Å². The third-order valence-corrected chi connectivity index (χ3v) is 7.07. The van der Waals surface area contributed by atoms with Crippen molar-refractivity contribution in [2.45, 2.75) is 24.7 Å². The molecule has 3 rings (SSSR count). The van der Waals surface area contributed by atoms with E-state index in [4.69, 9.17) is 0 Å². The first-order valence-electron chi connectivity index (χ1n) is 9.56. The topological polar surface area (TPSA) is 86.8 Å². The van der Waals surface area contributed by atoms with Gasteiger partial charge in [0.05, 0.1) is 4.90 Å². The van der Waals surface area contributed by atoms with E-state index < -0.39 is 10.0 Å². The quantitative estimate of drug-likeness (QED) is 0.744. The molecule has 2 amide bonds. The van der Waals surface area contributed by atoms with E-state index in [-0.39, 0.29) is 16.7 Å². The van der Waals surface area contributed by atoms with Crippen molar-refractivity contribution in [2.24, 2.45) is 0 Å². The van der Waals surface area contributed by atoms with Crippen LogP contribution >= 0.6 is 0 Å². The maximum Gasteiger partial charge on any atom is 0.255 e. The van der Waals surface area contributed by atoms with Crippen LogP contribution in [0, 0.1) is 6.92 Å². The molecular weight excluding hydrogens is 402 g/mol. The second-order valence-corrected chi connectivity index (χ2v) is 9.48. The van der Waals surface area contributed by atoms with E-state index in [0.717, 1.165) is 28.4 Å². The van der Waals surface area contributed by atoms with Gasteiger partial charge < -0.3 is 10.2 Å². The van der Waals surface area contributed by atoms with Crippen LogP contribution in [0.1, 0.15) is 27.9 Å². The Bertz CT molecular complexity index is 1120. The highest BCUT2D eigenvalue weighted by Gasteiger charge is 2.23. The number of benzene rings is 2. The summed E-state index contributed by atoms with van der Waals surface area (Å²) in [6.07, 6.45) is 2.89. The van der Waals surface area contributed by atoms with Crippen LogP contribution in [0.3, 0.4) is 0 Å². The summed E-state index contributed by atoms with van der Waals surface area (Å²) in [6.45, 7) is 5.86. The van der Waals surface area contributed by atoms with Gasteiger partial charge in [-0.2, -0.15) is 0 Å². The van der Waals surface area contributed by atoms with E-state index in [1.807, 2.05) is 0 Å². The minimum Gasteiger partial charge on any atom is -0.322 e. The average Bonchev–Trinajstić information content (AvgIpc) is 2.72. The van der Waals surface area contributed by atoms with E-state index >= 15 is 0 Å². The number of nitrogens with one attached hydrogen (secondary N) is 1. The summed E-state index contributed by atoms with van der Waals surface area (Å²) in [6, 6.07) is 9.96. The Morgan fingerprint density at radius 2 is 1.90 bits per heavy atom. The fourth-order valence-electron chi connectivity index (χ4n) is 3.49. The third kappa shape index (κ3) is 4.15. The Morgan fingerprint density at radius 1 is 1.17 bits per heavy atom. The maximum atomic E-state index is 12.7. The van der Waals surface area contributed by atoms with Crippen molar-refractivity contribution in [3.63, 3.8) is 0 Å². The predicted octanol–water partition coefficient (Wildman–Crippen LogP) is 2.96. The van der Waals surface area contributed by atoms with Crippen molar-refractivity contribution < 1.29 is 18.0 Å². The second kappa shape index (κ2) is 8.41. The Labute approximate surface area is 177 Å². The summed E-state index contributed by atoms with van der Waals surface area (Å²) in [7, 11) is -0.595. The Balaban J connectivity index is 1.83. The number of rotatable bonds is 5. The SMILES string of the molecule is C=CC(=O)N1CCCc2cc(C(=O)Nc3ccc(S(=O)(=O)N(C)C)c(C)c3)ccc21. The fraction of sp³-hybridized carbons (Fsp3) is 0.273. The molecule has 8 heteroatoms. The van der Waals surface area contributed by atoms with Gasteiger partial charge >= 0.3 is 0 Å². The highest BCUT2D eigenvalue weighted by atomic mass is 32.2. The van der Waals surface area contributed by atoms with E-state index in [9.17, 15) is 18.0 Å². The predicted molar refractivity (Wildman–Crippen MR) is 117 cm³/mol. The summed E-state index contributed by atoms with van der Waals surface area (Å²) in [5.74, 6) is -0.455. The van der Waals surface area contributed by atoms with Crippen LogP contribution in [0.2, 0.25) is 0 Å². The minimum absolute atomic E-state index is 0.156. The van der Waals surface area contributed by atoms with E-state index in [1.54, 1.807) is 42.2 Å². The number of hydrogen-bond acceptors (Lipinski definition) is 4. The molecule has 0 fully saturated rings. The monoisotopic (exact) mass is 427 g/mol. The van der Waals surface area contributed by atoms with E-state index in [0.29, 0.717) is 23.4 Å². The molecule has 0 atom stereocenters. The van der Waals surface area contributed by atoms with Crippen LogP contribution in [-0.4, -0.2) is 45.2 Å². The lowest BCUT2D eigenvalue weighted by molar-refractivity contribution is -0.114. The molecule has 0 saturated carbocycles. The lowest BCUT2D eigenvalue weighted by Gasteiger charge is -2.29. The van der Waals surface area contributed by atoms with Crippen LogP contribution in [0.4, 0.5) is 11.4 Å². The van der Waals surface area contributed by atoms with Crippen LogP contribution in [-0.2, 0) is 21.2 Å². The molecule has 30 heavy (non-hydrogen) atoms. The lowest BCUT2D eigenvalue weighted by Crippen LogP contribution is -2.34. The molecule has 1 heterocycles. The highest BCUT2D eigenvalue weighted by Crippen LogP contribution is 2.29. The summed E-state index contributed by atoms with van der Waals surface area (Å²) in [5.41, 5.74) is 3.27. The van der Waals surface area contributed by atoms with Gasteiger partial charge in [-0.25, -0.2) is 12.7 Å². The summed E-state index contributed by atoms with van der Waals surface area (Å²) < 4.78 is 25.8. The number of amides is 2. The number of carbonyl (C=O) groups is 2. The van der Waals surface area contributed by atoms with Crippen molar-refractivity contribution in [1.29, 1.82) is 0 Å². The molecule has 0 saturated heterocycles. The minimum atomic E-state index is -3.55. The van der Waals surface area contributed by atoms with Gasteiger partial charge in [-0.15, -0.1) is 0 Å². The fourth-order valence-corrected chi connectivity index (χ4v) is 4.59. The zero-order valence-electron chi connectivity index (χ0n) is 17.3. The Morgan fingerprint density at radius 3 is 2.53 bits per heavy atom. The third-order valence-electron chi connectivity index (χ3n) is 5.09. The van der Waals surface area contributed by atoms with Crippen LogP contribution in [0.5, 0.6) is 0 Å². The molecule has 1 aliphatic rings. The molecular formula is C22H25N3O4S. The normalized spacial score (nSPS) is 13.7. The van der Waals surface area contributed by atoms with Crippen LogP contribution in [0.15, 0.2) is 53.9 Å². The van der Waals surface area contributed by atoms with E-state index in [1.165, 1.54) is 26.2 Å². The van der Waals surface area contributed by atoms with E-state index in [2.05, 4.69) is 11.9 Å². The Kier molecular flexibility index (Phi) is 6.09. The molecule has 0 radical (unpaired) electrons. The van der Waals surface area contributed by atoms with Gasteiger partial charge in [0.15, 0.2) is 0 Å². The van der Waals surface area contributed by atoms with Crippen molar-refractivity contribution >= 4 is 33.2 Å². The zero-order chi connectivity index (χ0) is 22.1. The molecule has 2 aromatic rings. The molecule has 1 N–H and O–H groups in total. The smallest absolute Gasteiger partial charge is 0.255 e. The molecule has 0 aromatic heterocycles. The molecule has 1 aliphatic heterocycles. The first kappa shape index (κ1) is 21.7. The van der Waals surface area contributed by atoms with Crippen LogP contribution < -0.4 is 10.2 Å². The van der Waals surface area contributed by atoms with Gasteiger partial charge in [-0.3, -0.25) is 9.59 Å². The number of nitrogens with zero attached hydrogens (tertiary/aromatic N) is 2. The summed E-state index contributed by atoms with van der Waals surface area (Å²) in [5, 5.41) is 2.81. The highest BCUT2D eigenvalue weighted by molar-refractivity contribution is 7.89. The molecule has 0 aliphatic carbocycles. The standard InChI is InChI=1S/C22H25N3O4S/c1-5-21(26)25-12-6-7-16-14-17(8-10-19(16)25)22(27)23-18-9-11-20(15(2)13-18)30(28,29)24(3)4/h5,8-11,13-14H,1,6-7,12H2,2-4H3,(H,23,27). The molecule has 158 valence electrons. The van der Waals surface area contributed by atoms with Gasteiger partial charge in [-0.05, 0) is 73.4 Å². The van der Waals surface area contributed by atoms with Crippen molar-refractivity contribution in [3.05, 3.63) is 65.7 Å². The summed E-state index contributed by atoms with van der Waals surface area (Å²) in [4.78, 5) is 26.7. The van der Waals surface area contributed by atoms with Crippen molar-refractivity contribution in [1.82, 2.24) is 4.31 Å². The molecule has 0 unspecified atom stereocenters. The first-order valence-corrected chi connectivity index (χ1v) is 11.0. The number of sulfonamides is 1. The number of carbonyl (C=O) groups excluding carboxylic acids is 2. The van der Waals surface area contributed by atoms with Gasteiger partial charge in [0.2, 0.25) is 15.9 Å². The van der Waals surface area contributed by atoms with Gasteiger partial charge in [0.1, 0.15) is 0 Å². The van der Waals surface area contributed by atoms with Gasteiger partial charge in [-0.1, -0.05) is 6.58 Å². The molecule has 7 nitrogen and oxygen atoms in total. The zero-order valence-corrected chi connectivity index (χ0v) is 18.1. The average molecular weight is 428 g/mol. The number of fused-ring (bicyclic) bond motifs is 1. The molecule has 0 spiro atoms. The number of aryl methyl sites for hydroxylation is 2. The largest absolute Gasteiger partial charge is 0.322 e. The summed E-state index contributed by atoms with van der Waals surface area (Å²) >= 11 is 0. The van der Waals surface area contributed by atoms with Crippen LogP contribution in [0.25, 0.3) is 0 Å². The Hall–Kier alpha value is -2.97. The number of hydrogen-bond donors (Lipinski definition) is 1. The lowest BCUT2D eigenvalue weighted by atomic mass is 9.98. The molecule has 2 aromatic carbocycles. The molecule has 0 bridgehead atoms. The van der Waals surface area contributed by atoms with Gasteiger partial charge in [0, 0.05) is 37.6 Å². The van der Waals surface area contributed by atoms with Gasteiger partial charge in [0.25, 0.3) is 5.91 Å².